The van der Waals surface area contributed by atoms with Crippen LogP contribution < -0.4 is 61.7 Å². The maximum atomic E-state index is 13.8. The van der Waals surface area contributed by atoms with Crippen molar-refractivity contribution in [3.63, 3.8) is 0 Å². The number of benzene rings is 3. The number of carbonyl (C=O) groups excluding carboxylic acids is 2. The van der Waals surface area contributed by atoms with E-state index in [2.05, 4.69) is 0 Å². The van der Waals surface area contributed by atoms with Crippen LogP contribution in [0.25, 0.3) is 11.1 Å². The topological polar surface area (TPSA) is 55.8 Å². The number of carbonyl (C=O) groups is 2. The molecule has 10 heteroatoms. The van der Waals surface area contributed by atoms with E-state index in [0.717, 1.165) is 39.3 Å². The fourth-order valence-corrected chi connectivity index (χ4v) is 4.82. The zero-order valence-electron chi connectivity index (χ0n) is 23.1. The summed E-state index contributed by atoms with van der Waals surface area (Å²) in [7, 11) is 1.37. The van der Waals surface area contributed by atoms with Crippen LogP contribution in [0.5, 0.6) is 0 Å². The predicted octanol–water partition coefficient (Wildman–Crippen LogP) is 3.32. The Hall–Kier alpha value is -2.11. The first-order valence-electron chi connectivity index (χ1n) is 12.4. The van der Waals surface area contributed by atoms with Gasteiger partial charge in [0.05, 0.1) is 6.42 Å². The minimum atomic E-state index is -5.38. The van der Waals surface area contributed by atoms with Gasteiger partial charge >= 0.3 is 70.4 Å². The molecule has 4 rings (SSSR count). The van der Waals surface area contributed by atoms with Gasteiger partial charge in [-0.25, -0.2) is 4.79 Å². The van der Waals surface area contributed by atoms with Crippen LogP contribution >= 0.6 is 0 Å². The Morgan fingerprint density at radius 2 is 1.49 bits per heavy atom. The second-order valence-corrected chi connectivity index (χ2v) is 10.5. The number of hydrogen-bond acceptors (Lipinski definition) is 4. The van der Waals surface area contributed by atoms with Gasteiger partial charge in [-0.3, -0.25) is 9.69 Å². The third kappa shape index (κ3) is 7.16. The molecule has 3 aromatic carbocycles. The van der Waals surface area contributed by atoms with E-state index in [4.69, 9.17) is 9.47 Å². The van der Waals surface area contributed by atoms with Gasteiger partial charge in [-0.05, 0) is 61.1 Å². The van der Waals surface area contributed by atoms with E-state index in [0.29, 0.717) is 5.56 Å². The summed E-state index contributed by atoms with van der Waals surface area (Å²) in [6.45, 7) is 1.28. The third-order valence-electron chi connectivity index (χ3n) is 6.61. The van der Waals surface area contributed by atoms with Crippen molar-refractivity contribution in [2.45, 2.75) is 45.6 Å². The van der Waals surface area contributed by atoms with Crippen molar-refractivity contribution < 1.29 is 83.4 Å². The first-order chi connectivity index (χ1) is 17.8. The molecule has 1 aliphatic rings. The van der Waals surface area contributed by atoms with Crippen molar-refractivity contribution in [1.82, 2.24) is 0 Å². The maximum absolute atomic E-state index is 13.8. The minimum absolute atomic E-state index is 0. The number of rotatable bonds is 6. The first-order valence-corrected chi connectivity index (χ1v) is 12.4. The molecule has 1 amide bonds. The molecule has 0 heterocycles. The molecule has 0 saturated heterocycles. The molecule has 0 N–H and O–H groups in total. The average Bonchev–Trinajstić information content (AvgIpc) is 3.15. The molecule has 0 spiro atoms. The fourth-order valence-electron chi connectivity index (χ4n) is 4.82. The molecule has 0 radical (unpaired) electrons. The van der Waals surface area contributed by atoms with E-state index in [-0.39, 0.29) is 81.6 Å². The van der Waals surface area contributed by atoms with Gasteiger partial charge in [0, 0.05) is 18.7 Å². The number of ether oxygens (including phenoxy) is 2. The van der Waals surface area contributed by atoms with Crippen LogP contribution in [0.15, 0.2) is 60.7 Å². The van der Waals surface area contributed by atoms with Crippen molar-refractivity contribution in [3.8, 4) is 11.1 Å². The Balaban J connectivity index is 0.00000420. The summed E-state index contributed by atoms with van der Waals surface area (Å²) in [4.78, 5) is 26.6. The number of fused-ring (bicyclic) bond motifs is 3. The second kappa shape index (κ2) is 12.2. The minimum Gasteiger partial charge on any atom is -0.460 e. The van der Waals surface area contributed by atoms with Gasteiger partial charge in [0.15, 0.2) is 0 Å². The van der Waals surface area contributed by atoms with Gasteiger partial charge in [-0.15, -0.1) is 5.46 Å². The van der Waals surface area contributed by atoms with Crippen LogP contribution in [-0.2, 0) is 20.7 Å². The predicted molar refractivity (Wildman–Crippen MR) is 143 cm³/mol. The molecule has 0 fully saturated rings. The Labute approximate surface area is 269 Å². The Morgan fingerprint density at radius 1 is 0.949 bits per heavy atom. The van der Waals surface area contributed by atoms with Gasteiger partial charge < -0.3 is 22.4 Å². The molecule has 0 saturated carbocycles. The van der Waals surface area contributed by atoms with Crippen molar-refractivity contribution in [2.75, 3.05) is 18.6 Å². The normalized spacial score (nSPS) is 12.7. The van der Waals surface area contributed by atoms with E-state index in [9.17, 15) is 22.5 Å². The molecular formula is C29H30BF3KNO4. The van der Waals surface area contributed by atoms with Crippen molar-refractivity contribution in [1.29, 1.82) is 0 Å². The zero-order chi connectivity index (χ0) is 27.8. The maximum Gasteiger partial charge on any atom is 1.00 e. The molecule has 0 unspecified atom stereocenters. The fraction of sp³-hybridized carbons (Fsp3) is 0.310. The smallest absolute Gasteiger partial charge is 0.460 e. The molecule has 3 aromatic rings. The van der Waals surface area contributed by atoms with Crippen LogP contribution in [0.2, 0.25) is 0 Å². The van der Waals surface area contributed by atoms with Crippen molar-refractivity contribution >= 4 is 30.2 Å². The van der Waals surface area contributed by atoms with E-state index in [1.165, 1.54) is 7.05 Å². The Kier molecular flexibility index (Phi) is 9.81. The standard InChI is InChI=1S/C29H30BF3NO4.K/c1-18-19(15-27(35)38-29(2,3)4)14-20(30(31,32)33)16-26(18)34(5)28(36)37-17-25-23-12-8-6-10-21(23)22-11-7-9-13-24(22)25;/h6-14,16,25H,15,17H2,1-5H3;/q-1;+1. The van der Waals surface area contributed by atoms with Crippen LogP contribution in [0.4, 0.5) is 23.4 Å². The van der Waals surface area contributed by atoms with Crippen LogP contribution in [-0.4, -0.2) is 38.3 Å². The third-order valence-corrected chi connectivity index (χ3v) is 6.61. The number of esters is 1. The molecule has 0 bridgehead atoms. The molecule has 0 aromatic heterocycles. The number of nitrogens with zero attached hydrogens (tertiary/aromatic N) is 1. The van der Waals surface area contributed by atoms with Gasteiger partial charge in [0.1, 0.15) is 12.2 Å². The van der Waals surface area contributed by atoms with Crippen LogP contribution in [0, 0.1) is 6.92 Å². The van der Waals surface area contributed by atoms with Gasteiger partial charge in [0.2, 0.25) is 0 Å². The van der Waals surface area contributed by atoms with Crippen LogP contribution in [0.1, 0.15) is 48.9 Å². The summed E-state index contributed by atoms with van der Waals surface area (Å²) < 4.78 is 52.3. The number of anilines is 1. The summed E-state index contributed by atoms with van der Waals surface area (Å²) in [5.74, 6) is -0.837. The van der Waals surface area contributed by atoms with Crippen molar-refractivity contribution in [2.24, 2.45) is 0 Å². The number of hydrogen-bond donors (Lipinski definition) is 0. The second-order valence-electron chi connectivity index (χ2n) is 10.5. The number of halogens is 3. The summed E-state index contributed by atoms with van der Waals surface area (Å²) in [5.41, 5.74) is 3.06. The monoisotopic (exact) mass is 563 g/mol. The van der Waals surface area contributed by atoms with Crippen molar-refractivity contribution in [3.05, 3.63) is 82.9 Å². The molecule has 0 aliphatic heterocycles. The molecular weight excluding hydrogens is 533 g/mol. The van der Waals surface area contributed by atoms with E-state index in [1.54, 1.807) is 27.7 Å². The Bertz CT molecular complexity index is 1340. The average molecular weight is 563 g/mol. The number of amides is 1. The summed E-state index contributed by atoms with van der Waals surface area (Å²) in [6, 6.07) is 17.6. The van der Waals surface area contributed by atoms with E-state index >= 15 is 0 Å². The van der Waals surface area contributed by atoms with Crippen LogP contribution in [0.3, 0.4) is 0 Å². The first kappa shape index (κ1) is 31.4. The van der Waals surface area contributed by atoms with E-state index in [1.807, 2.05) is 48.5 Å². The van der Waals surface area contributed by atoms with Gasteiger partial charge in [0.25, 0.3) is 0 Å². The molecule has 39 heavy (non-hydrogen) atoms. The summed E-state index contributed by atoms with van der Waals surface area (Å²) in [5, 5.41) is 0. The van der Waals surface area contributed by atoms with E-state index < -0.39 is 30.1 Å². The molecule has 1 aliphatic carbocycles. The zero-order valence-corrected chi connectivity index (χ0v) is 26.2. The molecule has 0 atom stereocenters. The summed E-state index contributed by atoms with van der Waals surface area (Å²) >= 11 is 0. The molecule has 5 nitrogen and oxygen atoms in total. The molecule has 200 valence electrons. The largest absolute Gasteiger partial charge is 1.00 e. The quantitative estimate of drug-likeness (QED) is 0.341. The SMILES string of the molecule is Cc1c(CC(=O)OC(C)(C)C)cc([B-](F)(F)F)cc1N(C)C(=O)OCC1c2ccccc2-c2ccccc21.[K+]. The van der Waals surface area contributed by atoms with Gasteiger partial charge in [-0.1, -0.05) is 60.7 Å². The summed E-state index contributed by atoms with van der Waals surface area (Å²) in [6.07, 6.45) is -1.14. The Morgan fingerprint density at radius 3 is 2.00 bits per heavy atom. The van der Waals surface area contributed by atoms with Gasteiger partial charge in [-0.2, -0.15) is 0 Å².